The fraction of sp³-hybridized carbons (Fsp3) is 0.875. The number of rotatable bonds is 5. The summed E-state index contributed by atoms with van der Waals surface area (Å²) in [6, 6.07) is 0. The van der Waals surface area contributed by atoms with E-state index in [1.54, 1.807) is 7.11 Å². The van der Waals surface area contributed by atoms with Crippen LogP contribution in [-0.2, 0) is 47.4 Å². The van der Waals surface area contributed by atoms with Gasteiger partial charge in [0.05, 0.1) is 73.7 Å². The molecule has 54 heavy (non-hydrogen) atoms. The molecule has 14 heteroatoms. The van der Waals surface area contributed by atoms with Gasteiger partial charge in [0.1, 0.15) is 36.3 Å². The summed E-state index contributed by atoms with van der Waals surface area (Å²) in [6.07, 6.45) is 3.73. The van der Waals surface area contributed by atoms with Gasteiger partial charge in [-0.15, -0.1) is 0 Å². The van der Waals surface area contributed by atoms with Gasteiger partial charge in [0.25, 0.3) is 0 Å². The number of nitrogens with zero attached hydrogens (tertiary/aromatic N) is 3. The Morgan fingerprint density at radius 2 is 1.61 bits per heavy atom. The number of azide groups is 1. The maximum Gasteiger partial charge on any atom is 0.172 e. The Hall–Kier alpha value is -1.94. The summed E-state index contributed by atoms with van der Waals surface area (Å²) in [4.78, 5) is 16.9. The third-order valence-electron chi connectivity index (χ3n) is 14.1. The minimum absolute atomic E-state index is 0.0142. The van der Waals surface area contributed by atoms with Crippen LogP contribution in [0.15, 0.2) is 29.4 Å². The quantitative estimate of drug-likeness (QED) is 0.177. The number of methoxy groups -OCH3 is 1. The lowest BCUT2D eigenvalue weighted by Crippen LogP contribution is -2.61. The number of hydrogen-bond acceptors (Lipinski definition) is 12. The van der Waals surface area contributed by atoms with Crippen LogP contribution in [0.2, 0.25) is 0 Å². The van der Waals surface area contributed by atoms with E-state index < -0.39 is 24.1 Å². The highest BCUT2D eigenvalue weighted by Crippen LogP contribution is 2.54. The lowest BCUT2D eigenvalue weighted by molar-refractivity contribution is -0.292. The van der Waals surface area contributed by atoms with Crippen LogP contribution in [0, 0.1) is 11.8 Å². The summed E-state index contributed by atoms with van der Waals surface area (Å²) < 4.78 is 60.0. The normalized spacial score (nSPS) is 50.6. The highest BCUT2D eigenvalue weighted by atomic mass is 16.8. The van der Waals surface area contributed by atoms with Crippen molar-refractivity contribution in [1.82, 2.24) is 0 Å². The Bertz CT molecular complexity index is 1510. The first kappa shape index (κ1) is 37.6. The van der Waals surface area contributed by atoms with Crippen LogP contribution in [0.1, 0.15) is 90.4 Å². The molecule has 1 unspecified atom stereocenters. The molecule has 0 aromatic heterocycles. The van der Waals surface area contributed by atoms with Crippen molar-refractivity contribution < 1.29 is 52.5 Å². The third kappa shape index (κ3) is 7.01. The second-order valence-corrected chi connectivity index (χ2v) is 17.6. The predicted molar refractivity (Wildman–Crippen MR) is 191 cm³/mol. The van der Waals surface area contributed by atoms with E-state index in [1.807, 2.05) is 0 Å². The summed E-state index contributed by atoms with van der Waals surface area (Å²) in [7, 11) is 1.62. The van der Waals surface area contributed by atoms with Gasteiger partial charge in [-0.05, 0) is 67.5 Å². The zero-order valence-corrected chi connectivity index (χ0v) is 31.6. The topological polar surface area (TPSA) is 169 Å². The highest BCUT2D eigenvalue weighted by Gasteiger charge is 2.68. The van der Waals surface area contributed by atoms with Gasteiger partial charge in [0.2, 0.25) is 0 Å². The summed E-state index contributed by atoms with van der Waals surface area (Å²) >= 11 is 0. The number of Topliss-reactive ketones (excluding diaryl/α,β-unsaturated/α-hetero) is 1. The van der Waals surface area contributed by atoms with E-state index >= 15 is 0 Å². The summed E-state index contributed by atoms with van der Waals surface area (Å²) in [5.41, 5.74) is 11.0. The maximum atomic E-state index is 14.1. The lowest BCUT2D eigenvalue weighted by Gasteiger charge is -2.47. The smallest absolute Gasteiger partial charge is 0.172 e. The van der Waals surface area contributed by atoms with E-state index in [2.05, 4.69) is 30.1 Å². The molecule has 12 bridgehead atoms. The molecule has 1 spiro atoms. The summed E-state index contributed by atoms with van der Waals surface area (Å²) in [5, 5.41) is 14.3. The summed E-state index contributed by atoms with van der Waals surface area (Å²) in [6.45, 7) is 11.0. The molecule has 298 valence electrons. The molecule has 10 rings (SSSR count). The van der Waals surface area contributed by atoms with Crippen LogP contribution in [-0.4, -0.2) is 128 Å². The summed E-state index contributed by atoms with van der Waals surface area (Å²) in [5.74, 6) is -0.767. The molecule has 0 radical (unpaired) electrons. The van der Waals surface area contributed by atoms with Crippen molar-refractivity contribution in [3.05, 3.63) is 34.7 Å². The zero-order chi connectivity index (χ0) is 37.3. The Kier molecular flexibility index (Phi) is 10.5. The number of ketones is 1. The first-order valence-corrected chi connectivity index (χ1v) is 20.5. The monoisotopic (exact) mass is 755 g/mol. The first-order chi connectivity index (χ1) is 26.1. The van der Waals surface area contributed by atoms with Crippen molar-refractivity contribution in [2.75, 3.05) is 13.7 Å². The molecule has 10 aliphatic rings. The van der Waals surface area contributed by atoms with Crippen LogP contribution in [0.25, 0.3) is 10.4 Å². The van der Waals surface area contributed by atoms with Crippen molar-refractivity contribution in [2.24, 2.45) is 17.0 Å². The van der Waals surface area contributed by atoms with Crippen molar-refractivity contribution in [3.63, 3.8) is 0 Å². The van der Waals surface area contributed by atoms with Crippen LogP contribution in [0.4, 0.5) is 0 Å². The molecule has 0 aromatic rings. The Balaban J connectivity index is 0.988. The number of aliphatic hydroxyl groups is 1. The number of carbonyl (C=O) groups is 1. The van der Waals surface area contributed by atoms with Crippen LogP contribution in [0.5, 0.6) is 0 Å². The van der Waals surface area contributed by atoms with Gasteiger partial charge in [0, 0.05) is 56.5 Å². The molecule has 0 aliphatic carbocycles. The number of hydrogen-bond donors (Lipinski definition) is 1. The fourth-order valence-electron chi connectivity index (χ4n) is 11.4. The van der Waals surface area contributed by atoms with Crippen LogP contribution >= 0.6 is 0 Å². The highest BCUT2D eigenvalue weighted by molar-refractivity contribution is 5.79. The van der Waals surface area contributed by atoms with Gasteiger partial charge >= 0.3 is 0 Å². The Morgan fingerprint density at radius 3 is 2.44 bits per heavy atom. The maximum absolute atomic E-state index is 14.1. The van der Waals surface area contributed by atoms with Crippen LogP contribution < -0.4 is 0 Å². The van der Waals surface area contributed by atoms with Gasteiger partial charge in [-0.3, -0.25) is 4.79 Å². The van der Waals surface area contributed by atoms with E-state index in [4.69, 9.17) is 48.2 Å². The van der Waals surface area contributed by atoms with E-state index in [-0.39, 0.29) is 123 Å². The van der Waals surface area contributed by atoms with Gasteiger partial charge in [-0.2, -0.15) is 0 Å². The molecular weight excluding hydrogens is 698 g/mol. The minimum atomic E-state index is -0.908. The molecule has 10 fully saturated rings. The number of fused-ring (bicyclic) bond motifs is 6. The molecule has 1 N–H and O–H groups in total. The van der Waals surface area contributed by atoms with Crippen molar-refractivity contribution in [1.29, 1.82) is 0 Å². The molecule has 10 saturated heterocycles. The molecule has 0 aromatic carbocycles. The van der Waals surface area contributed by atoms with Gasteiger partial charge in [-0.25, -0.2) is 0 Å². The molecule has 19 atom stereocenters. The Labute approximate surface area is 317 Å². The van der Waals surface area contributed by atoms with Gasteiger partial charge < -0.3 is 47.7 Å². The fourth-order valence-corrected chi connectivity index (χ4v) is 11.4. The van der Waals surface area contributed by atoms with Gasteiger partial charge in [0.15, 0.2) is 5.79 Å². The molecule has 0 saturated carbocycles. The predicted octanol–water partition coefficient (Wildman–Crippen LogP) is 4.79. The second kappa shape index (κ2) is 15.1. The van der Waals surface area contributed by atoms with Crippen molar-refractivity contribution in [2.45, 2.75) is 194 Å². The molecule has 14 nitrogen and oxygen atoms in total. The molecule has 10 aliphatic heterocycles. The first-order valence-electron chi connectivity index (χ1n) is 20.5. The second-order valence-electron chi connectivity index (χ2n) is 17.6. The SMILES string of the molecule is C=C1C[C@@H]2CC[C@@]34C[C@H]5OC6[C@@H](O[C@H]7CC[C@H](CC(=O)C[C@@H]8[C@@H](OC)[C@@H](C[C@H](O)CN=[N+]=[N-])O[C@H]8C[C@H]8O[C@@H](CC[C@@H]1O2)C[C@@H](C)C8=C)O[C@@H]7[C@@H]6O3)[C@H]5O4. The third-order valence-corrected chi connectivity index (χ3v) is 14.1. The minimum Gasteiger partial charge on any atom is -0.393 e. The molecule has 10 heterocycles. The number of aliphatic hydroxyl groups excluding tert-OH is 1. The molecular formula is C40H57N3O11. The zero-order valence-electron chi connectivity index (χ0n) is 31.6. The lowest BCUT2D eigenvalue weighted by atomic mass is 9.81. The standard InChI is InChI=1S/C40H57N3O11/c1-19-11-24-5-7-28-20(2)12-26(47-28)9-10-40-17-33-36(53-40)37-38(52-33)39(54-40)35-29(51-37)8-6-25(49-35)13-22(44)14-27-31(16-30(48-24)21(19)3)50-32(34(27)46-4)15-23(45)18-42-43-41/h19,23-39,45H,2-3,5-18H2,1,4H3/t19-,23+,24+,25-,26+,27+,28+,29+,30-,31+,32-,33-,34-,35+,36+,37+,38?,39+,40+/m1/s1. The van der Waals surface area contributed by atoms with Crippen molar-refractivity contribution in [3.8, 4) is 0 Å². The largest absolute Gasteiger partial charge is 0.393 e. The van der Waals surface area contributed by atoms with Crippen LogP contribution in [0.3, 0.4) is 0 Å². The van der Waals surface area contributed by atoms with Crippen molar-refractivity contribution >= 4 is 5.78 Å². The Morgan fingerprint density at radius 1 is 0.852 bits per heavy atom. The number of ether oxygens (including phenoxy) is 9. The molecule has 0 amide bonds. The van der Waals surface area contributed by atoms with E-state index in [0.29, 0.717) is 25.7 Å². The number of carbonyl (C=O) groups excluding carboxylic acids is 1. The van der Waals surface area contributed by atoms with E-state index in [1.165, 1.54) is 0 Å². The average Bonchev–Trinajstić information content (AvgIpc) is 3.82. The van der Waals surface area contributed by atoms with Gasteiger partial charge in [-0.1, -0.05) is 25.2 Å². The van der Waals surface area contributed by atoms with E-state index in [0.717, 1.165) is 49.7 Å². The van der Waals surface area contributed by atoms with E-state index in [9.17, 15) is 9.90 Å². The average molecular weight is 756 g/mol.